The smallest absolute Gasteiger partial charge is 0.327 e. The van der Waals surface area contributed by atoms with E-state index in [-0.39, 0.29) is 18.6 Å². The molecule has 2 rings (SSSR count). The van der Waals surface area contributed by atoms with E-state index >= 15 is 0 Å². The lowest BCUT2D eigenvalue weighted by molar-refractivity contribution is -0.131. The van der Waals surface area contributed by atoms with Crippen molar-refractivity contribution < 1.29 is 29.6 Å². The molecule has 0 amide bonds. The highest BCUT2D eigenvalue weighted by molar-refractivity contribution is 5.79. The number of nitrogens with two attached hydrogens (primary N) is 1. The first-order chi connectivity index (χ1) is 8.95. The Labute approximate surface area is 110 Å². The van der Waals surface area contributed by atoms with Crippen LogP contribution >= 0.6 is 0 Å². The van der Waals surface area contributed by atoms with Gasteiger partial charge in [-0.1, -0.05) is 6.08 Å². The molecule has 19 heavy (non-hydrogen) atoms. The van der Waals surface area contributed by atoms with Gasteiger partial charge in [0.25, 0.3) is 0 Å². The summed E-state index contributed by atoms with van der Waals surface area (Å²) in [4.78, 5) is 10.4. The molecule has 7 nitrogen and oxygen atoms in total. The van der Waals surface area contributed by atoms with Crippen LogP contribution in [0.1, 0.15) is 12.8 Å². The van der Waals surface area contributed by atoms with Gasteiger partial charge in [0, 0.05) is 6.08 Å². The summed E-state index contributed by atoms with van der Waals surface area (Å²) in [5.74, 6) is -1.04. The highest BCUT2D eigenvalue weighted by atomic mass is 16.6. The molecule has 5 N–H and O–H groups in total. The van der Waals surface area contributed by atoms with E-state index in [4.69, 9.17) is 20.3 Å². The Balaban J connectivity index is 1.98. The molecule has 0 aromatic carbocycles. The van der Waals surface area contributed by atoms with Crippen LogP contribution in [0.15, 0.2) is 12.2 Å². The van der Waals surface area contributed by atoms with Crippen molar-refractivity contribution in [2.75, 3.05) is 13.2 Å². The van der Waals surface area contributed by atoms with E-state index in [1.54, 1.807) is 0 Å². The number of carbonyl (C=O) groups is 1. The van der Waals surface area contributed by atoms with Crippen molar-refractivity contribution in [1.82, 2.24) is 0 Å². The zero-order valence-electron chi connectivity index (χ0n) is 10.4. The molecule has 0 bridgehead atoms. The number of hydrogen-bond donors (Lipinski definition) is 4. The van der Waals surface area contributed by atoms with E-state index in [2.05, 4.69) is 0 Å². The molecular weight excluding hydrogens is 254 g/mol. The largest absolute Gasteiger partial charge is 0.478 e. The molecule has 2 heterocycles. The van der Waals surface area contributed by atoms with Gasteiger partial charge in [-0.3, -0.25) is 0 Å². The maximum Gasteiger partial charge on any atom is 0.327 e. The lowest BCUT2D eigenvalue weighted by atomic mass is 9.80. The van der Waals surface area contributed by atoms with Crippen molar-refractivity contribution in [3.05, 3.63) is 12.2 Å². The van der Waals surface area contributed by atoms with Crippen molar-refractivity contribution in [2.24, 2.45) is 5.73 Å². The summed E-state index contributed by atoms with van der Waals surface area (Å²) >= 11 is 0. The summed E-state index contributed by atoms with van der Waals surface area (Å²) < 4.78 is 10.0. The molecule has 0 spiro atoms. The van der Waals surface area contributed by atoms with Crippen LogP contribution in [0.3, 0.4) is 0 Å². The first-order valence-corrected chi connectivity index (χ1v) is 6.23. The van der Waals surface area contributed by atoms with Crippen molar-refractivity contribution in [1.29, 1.82) is 0 Å². The van der Waals surface area contributed by atoms with Gasteiger partial charge in [-0.25, -0.2) is 4.79 Å². The van der Waals surface area contributed by atoms with Crippen molar-refractivity contribution in [2.45, 2.75) is 42.8 Å². The lowest BCUT2D eigenvalue weighted by Gasteiger charge is -2.37. The fourth-order valence-electron chi connectivity index (χ4n) is 2.16. The molecule has 2 aliphatic rings. The Hall–Kier alpha value is -0.990. The topological polar surface area (TPSA) is 129 Å². The van der Waals surface area contributed by atoms with Crippen LogP contribution in [0.25, 0.3) is 0 Å². The van der Waals surface area contributed by atoms with Crippen LogP contribution in [-0.2, 0) is 14.3 Å². The maximum absolute atomic E-state index is 10.4. The SMILES string of the molecule is NC(CCC=CC(=O)O)(C(O)C1CO1)C(O)C1CO1. The molecular formula is C12H19NO6. The van der Waals surface area contributed by atoms with Gasteiger partial charge in [0.2, 0.25) is 0 Å². The minimum Gasteiger partial charge on any atom is -0.478 e. The third-order valence-corrected chi connectivity index (χ3v) is 3.53. The molecule has 108 valence electrons. The number of aliphatic hydroxyl groups excluding tert-OH is 2. The van der Waals surface area contributed by atoms with Gasteiger partial charge in [0.05, 0.1) is 18.8 Å². The van der Waals surface area contributed by atoms with Gasteiger partial charge in [-0.05, 0) is 12.8 Å². The molecule has 0 aliphatic carbocycles. The average Bonchev–Trinajstić information content (AvgIpc) is 3.23. The number of hydrogen-bond acceptors (Lipinski definition) is 6. The molecule has 4 atom stereocenters. The second-order valence-electron chi connectivity index (χ2n) is 5.02. The number of aliphatic hydroxyl groups is 2. The Bertz CT molecular complexity index is 345. The summed E-state index contributed by atoms with van der Waals surface area (Å²) in [5, 5.41) is 28.8. The fourth-order valence-corrected chi connectivity index (χ4v) is 2.16. The van der Waals surface area contributed by atoms with Crippen LogP contribution in [0, 0.1) is 0 Å². The van der Waals surface area contributed by atoms with Gasteiger partial charge >= 0.3 is 5.97 Å². The Morgan fingerprint density at radius 3 is 2.16 bits per heavy atom. The Morgan fingerprint density at radius 2 is 1.79 bits per heavy atom. The zero-order valence-corrected chi connectivity index (χ0v) is 10.4. The predicted octanol–water partition coefficient (Wildman–Crippen LogP) is -1.38. The monoisotopic (exact) mass is 273 g/mol. The third kappa shape index (κ3) is 3.52. The minimum absolute atomic E-state index is 0.249. The number of aliphatic carboxylic acids is 1. The quantitative estimate of drug-likeness (QED) is 0.317. The maximum atomic E-state index is 10.4. The molecule has 0 aromatic heterocycles. The van der Waals surface area contributed by atoms with Crippen LogP contribution in [0.4, 0.5) is 0 Å². The van der Waals surface area contributed by atoms with Crippen LogP contribution in [0.5, 0.6) is 0 Å². The van der Waals surface area contributed by atoms with E-state index in [9.17, 15) is 15.0 Å². The predicted molar refractivity (Wildman–Crippen MR) is 64.4 cm³/mol. The highest BCUT2D eigenvalue weighted by Gasteiger charge is 2.53. The van der Waals surface area contributed by atoms with Gasteiger partial charge < -0.3 is 30.5 Å². The van der Waals surface area contributed by atoms with E-state index in [0.29, 0.717) is 19.6 Å². The van der Waals surface area contributed by atoms with Gasteiger partial charge in [-0.15, -0.1) is 0 Å². The van der Waals surface area contributed by atoms with E-state index in [1.165, 1.54) is 6.08 Å². The molecule has 0 radical (unpaired) electrons. The van der Waals surface area contributed by atoms with Gasteiger partial charge in [-0.2, -0.15) is 0 Å². The molecule has 4 unspecified atom stereocenters. The van der Waals surface area contributed by atoms with E-state index < -0.39 is 23.7 Å². The highest BCUT2D eigenvalue weighted by Crippen LogP contribution is 2.33. The van der Waals surface area contributed by atoms with E-state index in [1.807, 2.05) is 0 Å². The second kappa shape index (κ2) is 5.56. The van der Waals surface area contributed by atoms with Crippen LogP contribution in [0.2, 0.25) is 0 Å². The van der Waals surface area contributed by atoms with Crippen LogP contribution < -0.4 is 5.73 Å². The average molecular weight is 273 g/mol. The number of carboxylic acid groups (broad SMARTS) is 1. The van der Waals surface area contributed by atoms with Crippen LogP contribution in [-0.4, -0.2) is 64.5 Å². The molecule has 0 aromatic rings. The number of ether oxygens (including phenoxy) is 2. The summed E-state index contributed by atoms with van der Waals surface area (Å²) in [6.45, 7) is 0.840. The van der Waals surface area contributed by atoms with Crippen molar-refractivity contribution >= 4 is 5.97 Å². The Kier molecular flexibility index (Phi) is 4.22. The zero-order chi connectivity index (χ0) is 14.0. The second-order valence-corrected chi connectivity index (χ2v) is 5.02. The summed E-state index contributed by atoms with van der Waals surface area (Å²) in [6, 6.07) is 0. The van der Waals surface area contributed by atoms with Crippen molar-refractivity contribution in [3.8, 4) is 0 Å². The fraction of sp³-hybridized carbons (Fsp3) is 0.750. The number of carboxylic acids is 1. The lowest BCUT2D eigenvalue weighted by Crippen LogP contribution is -2.63. The first kappa shape index (κ1) is 14.4. The molecule has 0 saturated carbocycles. The first-order valence-electron chi connectivity index (χ1n) is 6.23. The molecule has 2 aliphatic heterocycles. The number of epoxide rings is 2. The normalized spacial score (nSPS) is 31.7. The summed E-state index contributed by atoms with van der Waals surface area (Å²) in [5.41, 5.74) is 4.88. The standard InChI is InChI=1S/C12H19NO6/c13-12(10(16)7-5-18-7,11(17)8-6-19-8)4-2-1-3-9(14)15/h1,3,7-8,10-11,16-17H,2,4-6,13H2,(H,14,15). The molecule has 7 heteroatoms. The van der Waals surface area contributed by atoms with Gasteiger partial charge in [0.1, 0.15) is 24.4 Å². The number of allylic oxidation sites excluding steroid dienone is 1. The summed E-state index contributed by atoms with van der Waals surface area (Å²) in [7, 11) is 0. The number of rotatable bonds is 8. The van der Waals surface area contributed by atoms with Gasteiger partial charge in [0.15, 0.2) is 0 Å². The molecule has 2 fully saturated rings. The van der Waals surface area contributed by atoms with E-state index in [0.717, 1.165) is 6.08 Å². The summed E-state index contributed by atoms with van der Waals surface area (Å²) in [6.07, 6.45) is 0.346. The van der Waals surface area contributed by atoms with Crippen molar-refractivity contribution in [3.63, 3.8) is 0 Å². The minimum atomic E-state index is -1.26. The molecule has 2 saturated heterocycles. The Morgan fingerprint density at radius 1 is 1.32 bits per heavy atom. The third-order valence-electron chi connectivity index (χ3n) is 3.53.